The minimum absolute atomic E-state index is 0.122. The number of hydrogen-bond donors (Lipinski definition) is 2. The average Bonchev–Trinajstić information content (AvgIpc) is 2.68. The number of hydrogen-bond acceptors (Lipinski definition) is 3. The minimum Gasteiger partial charge on any atom is -0.339 e. The largest absolute Gasteiger partial charge is 0.339 e. The quantitative estimate of drug-likeness (QED) is 0.675. The zero-order valence-corrected chi connectivity index (χ0v) is 13.9. The highest BCUT2D eigenvalue weighted by atomic mass is 19.1. The van der Waals surface area contributed by atoms with Crippen molar-refractivity contribution in [2.75, 3.05) is 0 Å². The number of H-pyrrole nitrogens is 1. The maximum atomic E-state index is 14.3. The lowest BCUT2D eigenvalue weighted by molar-refractivity contribution is 0.0941. The Morgan fingerprint density at radius 2 is 1.81 bits per heavy atom. The number of aromatic nitrogens is 2. The first-order valence-corrected chi connectivity index (χ1v) is 7.94. The Hall–Kier alpha value is -3.42. The molecule has 0 saturated heterocycles. The molecule has 1 aromatic carbocycles. The minimum atomic E-state index is -1.12. The molecule has 0 spiro atoms. The summed E-state index contributed by atoms with van der Waals surface area (Å²) in [5.74, 6) is -2.34. The summed E-state index contributed by atoms with van der Waals surface area (Å²) in [6.45, 7) is -0.679. The van der Waals surface area contributed by atoms with E-state index in [0.717, 1.165) is 12.1 Å². The summed E-state index contributed by atoms with van der Waals surface area (Å²) in [6.07, 6.45) is 1.20. The standard InChI is InChI=1S/C19H14F3N3O2/c20-9-11-1-3-12(4-2-11)17(18-14(21)6-7-15(22)24-18)25-19(27)13-5-8-16(26)23-10-13/h1-8,10,17H,9H2,(H,23,26)(H,25,27)/t17-/m0/s1. The number of carbonyl (C=O) groups is 1. The molecule has 0 saturated carbocycles. The van der Waals surface area contributed by atoms with Crippen LogP contribution in [0.25, 0.3) is 0 Å². The van der Waals surface area contributed by atoms with Gasteiger partial charge in [-0.1, -0.05) is 24.3 Å². The van der Waals surface area contributed by atoms with Crippen molar-refractivity contribution in [1.82, 2.24) is 15.3 Å². The second kappa shape index (κ2) is 7.86. The molecule has 0 radical (unpaired) electrons. The molecule has 1 amide bonds. The van der Waals surface area contributed by atoms with Crippen molar-refractivity contribution in [3.05, 3.63) is 99.2 Å². The topological polar surface area (TPSA) is 74.8 Å². The van der Waals surface area contributed by atoms with Gasteiger partial charge in [-0.25, -0.2) is 13.8 Å². The van der Waals surface area contributed by atoms with E-state index in [2.05, 4.69) is 15.3 Å². The van der Waals surface area contributed by atoms with Crippen LogP contribution in [0.15, 0.2) is 59.5 Å². The van der Waals surface area contributed by atoms with E-state index in [-0.39, 0.29) is 16.8 Å². The Kier molecular flexibility index (Phi) is 5.35. The van der Waals surface area contributed by atoms with Crippen molar-refractivity contribution in [3.63, 3.8) is 0 Å². The summed E-state index contributed by atoms with van der Waals surface area (Å²) in [7, 11) is 0. The molecule has 3 aromatic rings. The fourth-order valence-corrected chi connectivity index (χ4v) is 2.51. The SMILES string of the molecule is O=C(N[C@@H](c1ccc(CF)cc1)c1nc(F)ccc1F)c1ccc(=O)[nH]c1. The molecule has 2 N–H and O–H groups in total. The molecule has 2 heterocycles. The highest BCUT2D eigenvalue weighted by molar-refractivity contribution is 5.94. The van der Waals surface area contributed by atoms with Crippen LogP contribution in [-0.4, -0.2) is 15.9 Å². The molecular weight excluding hydrogens is 359 g/mol. The second-order valence-corrected chi connectivity index (χ2v) is 5.72. The zero-order valence-electron chi connectivity index (χ0n) is 13.9. The Morgan fingerprint density at radius 1 is 1.07 bits per heavy atom. The van der Waals surface area contributed by atoms with Crippen LogP contribution in [-0.2, 0) is 6.67 Å². The first-order chi connectivity index (χ1) is 13.0. The third-order valence-corrected chi connectivity index (χ3v) is 3.90. The predicted octanol–water partition coefficient (Wildman–Crippen LogP) is 3.04. The Bertz CT molecular complexity index is 999. The molecule has 138 valence electrons. The van der Waals surface area contributed by atoms with E-state index < -0.39 is 30.4 Å². The molecule has 3 rings (SSSR count). The molecule has 8 heteroatoms. The van der Waals surface area contributed by atoms with Gasteiger partial charge >= 0.3 is 0 Å². The molecule has 0 aliphatic rings. The van der Waals surface area contributed by atoms with Gasteiger partial charge in [-0.15, -0.1) is 0 Å². The van der Waals surface area contributed by atoms with Crippen molar-refractivity contribution in [2.45, 2.75) is 12.7 Å². The molecule has 0 unspecified atom stereocenters. The van der Waals surface area contributed by atoms with Crippen molar-refractivity contribution in [3.8, 4) is 0 Å². The molecule has 5 nitrogen and oxygen atoms in total. The third-order valence-electron chi connectivity index (χ3n) is 3.90. The van der Waals surface area contributed by atoms with Crippen molar-refractivity contribution in [1.29, 1.82) is 0 Å². The fourth-order valence-electron chi connectivity index (χ4n) is 2.51. The highest BCUT2D eigenvalue weighted by Crippen LogP contribution is 2.24. The van der Waals surface area contributed by atoms with Gasteiger partial charge in [-0.3, -0.25) is 9.59 Å². The first kappa shape index (κ1) is 18.4. The molecule has 1 atom stereocenters. The van der Waals surface area contributed by atoms with Crippen LogP contribution in [0.4, 0.5) is 13.2 Å². The van der Waals surface area contributed by atoms with Crippen molar-refractivity contribution >= 4 is 5.91 Å². The maximum absolute atomic E-state index is 14.3. The molecule has 2 aromatic heterocycles. The number of amides is 1. The van der Waals surface area contributed by atoms with Gasteiger partial charge in [-0.2, -0.15) is 4.39 Å². The van der Waals surface area contributed by atoms with Gasteiger partial charge in [0.25, 0.3) is 5.91 Å². The number of benzene rings is 1. The van der Waals surface area contributed by atoms with E-state index in [1.807, 2.05) is 0 Å². The molecular formula is C19H14F3N3O2. The second-order valence-electron chi connectivity index (χ2n) is 5.72. The van der Waals surface area contributed by atoms with E-state index in [9.17, 15) is 22.8 Å². The number of alkyl halides is 1. The lowest BCUT2D eigenvalue weighted by atomic mass is 10.0. The summed E-state index contributed by atoms with van der Waals surface area (Å²) in [5, 5.41) is 2.57. The Balaban J connectivity index is 2.00. The fraction of sp³-hybridized carbons (Fsp3) is 0.105. The van der Waals surface area contributed by atoms with Crippen molar-refractivity contribution < 1.29 is 18.0 Å². The predicted molar refractivity (Wildman–Crippen MR) is 91.8 cm³/mol. The number of carbonyl (C=O) groups excluding carboxylic acids is 1. The van der Waals surface area contributed by atoms with Crippen LogP contribution < -0.4 is 10.9 Å². The van der Waals surface area contributed by atoms with Gasteiger partial charge in [-0.05, 0) is 29.3 Å². The monoisotopic (exact) mass is 373 g/mol. The Labute approximate surface area is 151 Å². The Morgan fingerprint density at radius 3 is 2.44 bits per heavy atom. The maximum Gasteiger partial charge on any atom is 0.253 e. The highest BCUT2D eigenvalue weighted by Gasteiger charge is 2.23. The lowest BCUT2D eigenvalue weighted by Gasteiger charge is -2.20. The number of nitrogens with zero attached hydrogens (tertiary/aromatic N) is 1. The first-order valence-electron chi connectivity index (χ1n) is 7.94. The summed E-state index contributed by atoms with van der Waals surface area (Å²) >= 11 is 0. The van der Waals surface area contributed by atoms with Gasteiger partial charge in [0.1, 0.15) is 18.2 Å². The van der Waals surface area contributed by atoms with Gasteiger partial charge in [0.15, 0.2) is 0 Å². The van der Waals surface area contributed by atoms with E-state index in [1.54, 1.807) is 0 Å². The lowest BCUT2D eigenvalue weighted by Crippen LogP contribution is -2.31. The molecule has 0 fully saturated rings. The van der Waals surface area contributed by atoms with Crippen LogP contribution in [0.1, 0.15) is 33.2 Å². The van der Waals surface area contributed by atoms with Crippen LogP contribution in [0, 0.1) is 11.8 Å². The van der Waals surface area contributed by atoms with Crippen molar-refractivity contribution in [2.24, 2.45) is 0 Å². The van der Waals surface area contributed by atoms with Gasteiger partial charge in [0.2, 0.25) is 11.5 Å². The number of halogens is 3. The van der Waals surface area contributed by atoms with E-state index >= 15 is 0 Å². The number of rotatable bonds is 5. The number of pyridine rings is 2. The summed E-state index contributed by atoms with van der Waals surface area (Å²) < 4.78 is 40.6. The zero-order chi connectivity index (χ0) is 19.4. The van der Waals surface area contributed by atoms with E-state index in [4.69, 9.17) is 0 Å². The average molecular weight is 373 g/mol. The molecule has 27 heavy (non-hydrogen) atoms. The smallest absolute Gasteiger partial charge is 0.253 e. The molecule has 0 bridgehead atoms. The van der Waals surface area contributed by atoms with Gasteiger partial charge < -0.3 is 10.3 Å². The van der Waals surface area contributed by atoms with Gasteiger partial charge in [0, 0.05) is 12.3 Å². The molecule has 0 aliphatic carbocycles. The summed E-state index contributed by atoms with van der Waals surface area (Å²) in [6, 6.07) is 9.08. The molecule has 0 aliphatic heterocycles. The van der Waals surface area contributed by atoms with Crippen LogP contribution in [0.3, 0.4) is 0 Å². The van der Waals surface area contributed by atoms with Gasteiger partial charge in [0.05, 0.1) is 11.6 Å². The van der Waals surface area contributed by atoms with Crippen LogP contribution >= 0.6 is 0 Å². The normalized spacial score (nSPS) is 11.8. The summed E-state index contributed by atoms with van der Waals surface area (Å²) in [5.41, 5.74) is 0.208. The summed E-state index contributed by atoms with van der Waals surface area (Å²) in [4.78, 5) is 29.6. The van der Waals surface area contributed by atoms with E-state index in [1.165, 1.54) is 42.6 Å². The number of aromatic amines is 1. The van der Waals surface area contributed by atoms with Crippen LogP contribution in [0.5, 0.6) is 0 Å². The number of nitrogens with one attached hydrogen (secondary N) is 2. The third kappa shape index (κ3) is 4.22. The van der Waals surface area contributed by atoms with Crippen LogP contribution in [0.2, 0.25) is 0 Å². The van der Waals surface area contributed by atoms with E-state index in [0.29, 0.717) is 11.1 Å².